The number of carbonyl (C=O) groups excluding carboxylic acids is 1. The smallest absolute Gasteiger partial charge is 0.236 e. The van der Waals surface area contributed by atoms with Crippen molar-refractivity contribution in [3.63, 3.8) is 0 Å². The Hall–Kier alpha value is -0.610. The van der Waals surface area contributed by atoms with Crippen molar-refractivity contribution in [3.8, 4) is 0 Å². The van der Waals surface area contributed by atoms with E-state index in [9.17, 15) is 4.79 Å². The first-order valence-electron chi connectivity index (χ1n) is 6.17. The molecule has 2 unspecified atom stereocenters. The molecule has 0 aromatic heterocycles. The molecule has 94 valence electrons. The first-order valence-corrected chi connectivity index (χ1v) is 6.17. The summed E-state index contributed by atoms with van der Waals surface area (Å²) in [5.41, 5.74) is 5.30. The minimum Gasteiger partial charge on any atom is -0.383 e. The molecule has 1 saturated carbocycles. The number of rotatable bonds is 7. The van der Waals surface area contributed by atoms with Crippen molar-refractivity contribution in [2.75, 3.05) is 13.7 Å². The summed E-state index contributed by atoms with van der Waals surface area (Å²) >= 11 is 0. The molecule has 3 N–H and O–H groups in total. The number of hydrogen-bond donors (Lipinski definition) is 2. The van der Waals surface area contributed by atoms with E-state index in [0.717, 1.165) is 12.3 Å². The van der Waals surface area contributed by atoms with Crippen molar-refractivity contribution in [1.29, 1.82) is 0 Å². The van der Waals surface area contributed by atoms with E-state index in [4.69, 9.17) is 10.5 Å². The lowest BCUT2D eigenvalue weighted by Crippen LogP contribution is -2.48. The van der Waals surface area contributed by atoms with E-state index in [1.165, 1.54) is 25.7 Å². The number of hydrogen-bond acceptors (Lipinski definition) is 3. The van der Waals surface area contributed by atoms with Gasteiger partial charge in [-0.3, -0.25) is 4.79 Å². The average molecular weight is 228 g/mol. The van der Waals surface area contributed by atoms with Crippen molar-refractivity contribution in [3.05, 3.63) is 0 Å². The standard InChI is InChI=1S/C12H24N2O2/c1-9(7-10-5-3-4-6-10)14-11(8-16-2)12(13)15/h9-11,14H,3-8H2,1-2H3,(H2,13,15). The zero-order valence-electron chi connectivity index (χ0n) is 10.4. The molecule has 2 atom stereocenters. The third-order valence-corrected chi connectivity index (χ3v) is 3.32. The van der Waals surface area contributed by atoms with E-state index in [0.29, 0.717) is 12.6 Å². The van der Waals surface area contributed by atoms with E-state index in [1.54, 1.807) is 7.11 Å². The second-order valence-corrected chi connectivity index (χ2v) is 4.86. The molecular formula is C12H24N2O2. The molecule has 1 aliphatic rings. The van der Waals surface area contributed by atoms with Gasteiger partial charge in [-0.05, 0) is 19.3 Å². The predicted octanol–water partition coefficient (Wildman–Crippen LogP) is 1.05. The van der Waals surface area contributed by atoms with Crippen LogP contribution in [-0.2, 0) is 9.53 Å². The molecule has 16 heavy (non-hydrogen) atoms. The molecule has 4 nitrogen and oxygen atoms in total. The monoisotopic (exact) mass is 228 g/mol. The summed E-state index contributed by atoms with van der Waals surface area (Å²) in [5.74, 6) is 0.485. The number of amides is 1. The first-order chi connectivity index (χ1) is 7.63. The van der Waals surface area contributed by atoms with Crippen LogP contribution < -0.4 is 11.1 Å². The van der Waals surface area contributed by atoms with Crippen molar-refractivity contribution in [1.82, 2.24) is 5.32 Å². The average Bonchev–Trinajstić information content (AvgIpc) is 2.69. The van der Waals surface area contributed by atoms with Crippen molar-refractivity contribution in [2.45, 2.75) is 51.1 Å². The number of nitrogens with two attached hydrogens (primary N) is 1. The fraction of sp³-hybridized carbons (Fsp3) is 0.917. The van der Waals surface area contributed by atoms with Gasteiger partial charge in [0.2, 0.25) is 5.91 Å². The summed E-state index contributed by atoms with van der Waals surface area (Å²) in [5, 5.41) is 3.24. The van der Waals surface area contributed by atoms with Gasteiger partial charge in [0.25, 0.3) is 0 Å². The molecule has 0 spiro atoms. The molecule has 0 aromatic carbocycles. The SMILES string of the molecule is COCC(NC(C)CC1CCCC1)C(N)=O. The molecular weight excluding hydrogens is 204 g/mol. The number of ether oxygens (including phenoxy) is 1. The van der Waals surface area contributed by atoms with E-state index in [-0.39, 0.29) is 11.9 Å². The number of methoxy groups -OCH3 is 1. The number of nitrogens with one attached hydrogen (secondary N) is 1. The molecule has 1 aliphatic carbocycles. The lowest BCUT2D eigenvalue weighted by atomic mass is 9.99. The van der Waals surface area contributed by atoms with Crippen LogP contribution in [0.15, 0.2) is 0 Å². The highest BCUT2D eigenvalue weighted by Gasteiger charge is 2.21. The maximum Gasteiger partial charge on any atom is 0.236 e. The quantitative estimate of drug-likeness (QED) is 0.684. The van der Waals surface area contributed by atoms with Crippen molar-refractivity contribution < 1.29 is 9.53 Å². The van der Waals surface area contributed by atoms with Gasteiger partial charge in [-0.25, -0.2) is 0 Å². The Kier molecular flexibility index (Phi) is 5.77. The zero-order chi connectivity index (χ0) is 12.0. The topological polar surface area (TPSA) is 64.3 Å². The first kappa shape index (κ1) is 13.5. The van der Waals surface area contributed by atoms with Gasteiger partial charge in [0.1, 0.15) is 6.04 Å². The van der Waals surface area contributed by atoms with Gasteiger partial charge >= 0.3 is 0 Å². The van der Waals surface area contributed by atoms with Gasteiger partial charge in [-0.1, -0.05) is 25.7 Å². The van der Waals surface area contributed by atoms with Gasteiger partial charge in [-0.2, -0.15) is 0 Å². The molecule has 0 bridgehead atoms. The Labute approximate surface area is 97.9 Å². The molecule has 0 aliphatic heterocycles. The molecule has 1 rings (SSSR count). The van der Waals surface area contributed by atoms with Crippen LogP contribution >= 0.6 is 0 Å². The van der Waals surface area contributed by atoms with Gasteiger partial charge < -0.3 is 15.8 Å². The third kappa shape index (κ3) is 4.49. The second kappa shape index (κ2) is 6.86. The second-order valence-electron chi connectivity index (χ2n) is 4.86. The van der Waals surface area contributed by atoms with E-state index in [2.05, 4.69) is 12.2 Å². The van der Waals surface area contributed by atoms with Crippen molar-refractivity contribution in [2.24, 2.45) is 11.7 Å². The van der Waals surface area contributed by atoms with E-state index in [1.807, 2.05) is 0 Å². The lowest BCUT2D eigenvalue weighted by molar-refractivity contribution is -0.121. The zero-order valence-corrected chi connectivity index (χ0v) is 10.4. The van der Waals surface area contributed by atoms with Crippen LogP contribution in [0.25, 0.3) is 0 Å². The van der Waals surface area contributed by atoms with Crippen LogP contribution in [0.2, 0.25) is 0 Å². The molecule has 1 fully saturated rings. The highest BCUT2D eigenvalue weighted by Crippen LogP contribution is 2.28. The summed E-state index contributed by atoms with van der Waals surface area (Å²) in [6.07, 6.45) is 6.51. The molecule has 0 radical (unpaired) electrons. The van der Waals surface area contributed by atoms with Gasteiger partial charge in [0.05, 0.1) is 6.61 Å². The Bertz CT molecular complexity index is 215. The number of carbonyl (C=O) groups is 1. The highest BCUT2D eigenvalue weighted by atomic mass is 16.5. The Morgan fingerprint density at radius 2 is 2.12 bits per heavy atom. The minimum absolute atomic E-state index is 0.329. The van der Waals surface area contributed by atoms with Crippen LogP contribution in [-0.4, -0.2) is 31.7 Å². The largest absolute Gasteiger partial charge is 0.383 e. The van der Waals surface area contributed by atoms with Crippen LogP contribution in [0, 0.1) is 5.92 Å². The van der Waals surface area contributed by atoms with E-state index < -0.39 is 0 Å². The molecule has 0 saturated heterocycles. The van der Waals surface area contributed by atoms with Crippen LogP contribution in [0.1, 0.15) is 39.0 Å². The maximum absolute atomic E-state index is 11.1. The summed E-state index contributed by atoms with van der Waals surface area (Å²) in [4.78, 5) is 11.1. The fourth-order valence-corrected chi connectivity index (χ4v) is 2.54. The Morgan fingerprint density at radius 1 is 1.50 bits per heavy atom. The number of primary amides is 1. The Balaban J connectivity index is 2.29. The van der Waals surface area contributed by atoms with Crippen LogP contribution in [0.5, 0.6) is 0 Å². The highest BCUT2D eigenvalue weighted by molar-refractivity contribution is 5.80. The summed E-state index contributed by atoms with van der Waals surface area (Å²) in [6, 6.07) is -0.0304. The predicted molar refractivity (Wildman–Crippen MR) is 64.0 cm³/mol. The fourth-order valence-electron chi connectivity index (χ4n) is 2.54. The molecule has 4 heteroatoms. The molecule has 0 aromatic rings. The summed E-state index contributed by atoms with van der Waals surface area (Å²) in [6.45, 7) is 2.47. The van der Waals surface area contributed by atoms with Gasteiger partial charge in [0, 0.05) is 13.2 Å². The van der Waals surface area contributed by atoms with Crippen LogP contribution in [0.3, 0.4) is 0 Å². The Morgan fingerprint density at radius 3 is 2.62 bits per heavy atom. The summed E-state index contributed by atoms with van der Waals surface area (Å²) in [7, 11) is 1.58. The normalized spacial score (nSPS) is 20.9. The lowest BCUT2D eigenvalue weighted by Gasteiger charge is -2.22. The van der Waals surface area contributed by atoms with Gasteiger partial charge in [-0.15, -0.1) is 0 Å². The van der Waals surface area contributed by atoms with E-state index >= 15 is 0 Å². The summed E-state index contributed by atoms with van der Waals surface area (Å²) < 4.78 is 4.97. The molecule has 0 heterocycles. The third-order valence-electron chi connectivity index (χ3n) is 3.32. The van der Waals surface area contributed by atoms with Gasteiger partial charge in [0.15, 0.2) is 0 Å². The molecule has 1 amide bonds. The van der Waals surface area contributed by atoms with Crippen LogP contribution in [0.4, 0.5) is 0 Å². The maximum atomic E-state index is 11.1. The minimum atomic E-state index is -0.360. The van der Waals surface area contributed by atoms with Crippen molar-refractivity contribution >= 4 is 5.91 Å².